The molecule has 1 unspecified atom stereocenters. The van der Waals surface area contributed by atoms with Crippen LogP contribution in [0.5, 0.6) is 0 Å². The molecule has 1 N–H and O–H groups in total. The number of carboxylic acid groups (broad SMARTS) is 1. The van der Waals surface area contributed by atoms with Crippen molar-refractivity contribution in [2.45, 2.75) is 39.5 Å². The van der Waals surface area contributed by atoms with Gasteiger partial charge in [-0.1, -0.05) is 26.7 Å². The van der Waals surface area contributed by atoms with E-state index in [0.29, 0.717) is 0 Å². The van der Waals surface area contributed by atoms with Crippen molar-refractivity contribution >= 4 is 5.97 Å². The maximum absolute atomic E-state index is 10.4. The molecule has 0 aromatic rings. The molecule has 0 rings (SSSR count). The molecule has 4 radical (unpaired) electrons. The van der Waals surface area contributed by atoms with E-state index < -0.39 is 5.97 Å². The van der Waals surface area contributed by atoms with Crippen molar-refractivity contribution in [2.24, 2.45) is 5.92 Å². The molecule has 0 fully saturated rings. The Morgan fingerprint density at radius 1 is 1.45 bits per heavy atom. The van der Waals surface area contributed by atoms with Gasteiger partial charge in [-0.3, -0.25) is 4.79 Å². The van der Waals surface area contributed by atoms with Crippen LogP contribution in [0.25, 0.3) is 0 Å². The molecule has 0 aromatic heterocycles. The second kappa shape index (κ2) is 7.58. The lowest BCUT2D eigenvalue weighted by molar-refractivity contribution is -0.142. The number of hydrogen-bond donors (Lipinski definition) is 1. The fourth-order valence-corrected chi connectivity index (χ4v) is 0.953. The maximum atomic E-state index is 10.4. The lowest BCUT2D eigenvalue weighted by atomic mass is 10.00. The molecule has 2 heteroatoms. The molecule has 0 aliphatic carbocycles. The highest BCUT2D eigenvalue weighted by Gasteiger charge is 2.12. The van der Waals surface area contributed by atoms with Crippen LogP contribution >= 0.6 is 0 Å². The van der Waals surface area contributed by atoms with E-state index in [9.17, 15) is 4.79 Å². The molecule has 0 aromatic carbocycles. The molecule has 64 valence electrons. The molecule has 0 saturated carbocycles. The normalized spacial score (nSPS) is 11.8. The van der Waals surface area contributed by atoms with Gasteiger partial charge in [-0.05, 0) is 12.8 Å². The van der Waals surface area contributed by atoms with E-state index in [4.69, 9.17) is 5.11 Å². The summed E-state index contributed by atoms with van der Waals surface area (Å²) in [6.07, 6.45) is 3.71. The molecule has 0 saturated heterocycles. The zero-order valence-corrected chi connectivity index (χ0v) is 7.26. The van der Waals surface area contributed by atoms with Crippen molar-refractivity contribution < 1.29 is 9.90 Å². The lowest BCUT2D eigenvalue weighted by Gasteiger charge is -2.06. The molecule has 0 bridgehead atoms. The minimum atomic E-state index is -0.643. The monoisotopic (exact) mass is 156 g/mol. The van der Waals surface area contributed by atoms with Crippen LogP contribution in [0.1, 0.15) is 39.5 Å². The van der Waals surface area contributed by atoms with Crippen LogP contribution in [0.2, 0.25) is 0 Å². The molecular formula is C9H16O2. The third kappa shape index (κ3) is 5.89. The first-order valence-electron chi connectivity index (χ1n) is 3.95. The topological polar surface area (TPSA) is 37.3 Å². The van der Waals surface area contributed by atoms with Gasteiger partial charge in [0.15, 0.2) is 0 Å². The Morgan fingerprint density at radius 3 is 2.27 bits per heavy atom. The lowest BCUT2D eigenvalue weighted by Crippen LogP contribution is -2.11. The summed E-state index contributed by atoms with van der Waals surface area (Å²) in [5.41, 5.74) is 0. The van der Waals surface area contributed by atoms with E-state index >= 15 is 0 Å². The highest BCUT2D eigenvalue weighted by molar-refractivity contribution is 5.69. The summed E-state index contributed by atoms with van der Waals surface area (Å²) >= 11 is 0. The van der Waals surface area contributed by atoms with Crippen LogP contribution in [0, 0.1) is 13.3 Å². The first-order valence-corrected chi connectivity index (χ1v) is 3.95. The number of aliphatic carboxylic acids is 1. The molecule has 0 heterocycles. The highest BCUT2D eigenvalue weighted by Crippen LogP contribution is 2.11. The van der Waals surface area contributed by atoms with Crippen LogP contribution in [0.3, 0.4) is 0 Å². The Labute approximate surface area is 69.6 Å². The maximum Gasteiger partial charge on any atom is 0.306 e. The predicted octanol–water partition coefficient (Wildman–Crippen LogP) is 2.37. The first kappa shape index (κ1) is 13.1. The smallest absolute Gasteiger partial charge is 0.306 e. The standard InChI is InChI=1S/C8H16O2.C/c1-3-5-6-7(4-2)8(9)10;/h7H,3-6H2,1-2H3,(H,9,10);. The summed E-state index contributed by atoms with van der Waals surface area (Å²) in [6.45, 7) is 4.00. The fraction of sp³-hybridized carbons (Fsp3) is 0.778. The number of rotatable bonds is 5. The van der Waals surface area contributed by atoms with Gasteiger partial charge < -0.3 is 5.11 Å². The Morgan fingerprint density at radius 2 is 2.00 bits per heavy atom. The van der Waals surface area contributed by atoms with E-state index in [1.165, 1.54) is 0 Å². The quantitative estimate of drug-likeness (QED) is 0.663. The van der Waals surface area contributed by atoms with E-state index in [1.54, 1.807) is 0 Å². The van der Waals surface area contributed by atoms with Gasteiger partial charge in [-0.25, -0.2) is 0 Å². The Kier molecular flexibility index (Phi) is 9.01. The largest absolute Gasteiger partial charge is 0.481 e. The third-order valence-electron chi connectivity index (χ3n) is 1.75. The number of unbranched alkanes of at least 4 members (excludes halogenated alkanes) is 1. The van der Waals surface area contributed by atoms with Gasteiger partial charge in [0.1, 0.15) is 0 Å². The molecule has 0 spiro atoms. The summed E-state index contributed by atoms with van der Waals surface area (Å²) in [4.78, 5) is 10.4. The van der Waals surface area contributed by atoms with Crippen LogP contribution in [0.4, 0.5) is 0 Å². The zero-order valence-electron chi connectivity index (χ0n) is 7.26. The SMILES string of the molecule is CCCCC(CC)C(=O)O.[C]. The zero-order chi connectivity index (χ0) is 7.98. The molecular weight excluding hydrogens is 140 g/mol. The van der Waals surface area contributed by atoms with E-state index in [1.807, 2.05) is 6.92 Å². The van der Waals surface area contributed by atoms with Gasteiger partial charge >= 0.3 is 5.97 Å². The molecule has 2 nitrogen and oxygen atoms in total. The minimum Gasteiger partial charge on any atom is -0.481 e. The molecule has 1 atom stereocenters. The van der Waals surface area contributed by atoms with Crippen molar-refractivity contribution in [1.29, 1.82) is 0 Å². The summed E-state index contributed by atoms with van der Waals surface area (Å²) in [7, 11) is 0. The molecule has 0 aliphatic rings. The van der Waals surface area contributed by atoms with E-state index in [0.717, 1.165) is 25.7 Å². The predicted molar refractivity (Wildman–Crippen MR) is 44.2 cm³/mol. The average Bonchev–Trinajstić information content (AvgIpc) is 1.89. The van der Waals surface area contributed by atoms with Crippen LogP contribution in [0.15, 0.2) is 0 Å². The van der Waals surface area contributed by atoms with Crippen LogP contribution in [-0.4, -0.2) is 11.1 Å². The summed E-state index contributed by atoms with van der Waals surface area (Å²) in [6, 6.07) is 0. The van der Waals surface area contributed by atoms with Gasteiger partial charge in [0, 0.05) is 7.43 Å². The Hall–Kier alpha value is -0.530. The van der Waals surface area contributed by atoms with Crippen molar-refractivity contribution in [1.82, 2.24) is 0 Å². The van der Waals surface area contributed by atoms with E-state index in [-0.39, 0.29) is 13.3 Å². The Balaban J connectivity index is 0. The summed E-state index contributed by atoms with van der Waals surface area (Å²) in [5.74, 6) is -0.754. The summed E-state index contributed by atoms with van der Waals surface area (Å²) < 4.78 is 0. The van der Waals surface area contributed by atoms with E-state index in [2.05, 4.69) is 6.92 Å². The van der Waals surface area contributed by atoms with Gasteiger partial charge in [-0.15, -0.1) is 0 Å². The van der Waals surface area contributed by atoms with Crippen molar-refractivity contribution in [3.05, 3.63) is 7.43 Å². The number of carbonyl (C=O) groups is 1. The number of carboxylic acids is 1. The highest BCUT2D eigenvalue weighted by atomic mass is 16.4. The summed E-state index contributed by atoms with van der Waals surface area (Å²) in [5, 5.41) is 8.60. The fourth-order valence-electron chi connectivity index (χ4n) is 0.953. The van der Waals surface area contributed by atoms with Gasteiger partial charge in [-0.2, -0.15) is 0 Å². The van der Waals surface area contributed by atoms with Crippen LogP contribution < -0.4 is 0 Å². The number of hydrogen-bond acceptors (Lipinski definition) is 1. The second-order valence-electron chi connectivity index (χ2n) is 2.59. The third-order valence-corrected chi connectivity index (χ3v) is 1.75. The molecule has 0 amide bonds. The van der Waals surface area contributed by atoms with Gasteiger partial charge in [0.2, 0.25) is 0 Å². The molecule has 11 heavy (non-hydrogen) atoms. The first-order chi connectivity index (χ1) is 4.72. The van der Waals surface area contributed by atoms with Crippen LogP contribution in [-0.2, 0) is 4.79 Å². The van der Waals surface area contributed by atoms with Crippen molar-refractivity contribution in [3.63, 3.8) is 0 Å². The minimum absolute atomic E-state index is 0. The molecule has 0 aliphatic heterocycles. The van der Waals surface area contributed by atoms with Crippen molar-refractivity contribution in [3.8, 4) is 0 Å². The average molecular weight is 156 g/mol. The second-order valence-corrected chi connectivity index (χ2v) is 2.59. The Bertz CT molecular complexity index is 99.7. The van der Waals surface area contributed by atoms with Gasteiger partial charge in [0.25, 0.3) is 0 Å². The van der Waals surface area contributed by atoms with Gasteiger partial charge in [0.05, 0.1) is 5.92 Å². The van der Waals surface area contributed by atoms with Crippen molar-refractivity contribution in [2.75, 3.05) is 0 Å².